The van der Waals surface area contributed by atoms with Crippen LogP contribution in [0.15, 0.2) is 41.1 Å². The first kappa shape index (κ1) is 10.8. The van der Waals surface area contributed by atoms with Crippen molar-refractivity contribution >= 4 is 11.7 Å². The van der Waals surface area contributed by atoms with Gasteiger partial charge in [-0.05, 0) is 12.1 Å². The van der Waals surface area contributed by atoms with E-state index in [9.17, 15) is 4.79 Å². The Kier molecular flexibility index (Phi) is 2.72. The molecule has 1 aliphatic rings. The Morgan fingerprint density at radius 2 is 2.17 bits per heavy atom. The molecule has 18 heavy (non-hydrogen) atoms. The summed E-state index contributed by atoms with van der Waals surface area (Å²) in [6.45, 7) is 1.21. The zero-order valence-electron chi connectivity index (χ0n) is 9.80. The van der Waals surface area contributed by atoms with Gasteiger partial charge in [-0.2, -0.15) is 0 Å². The Labute approximate surface area is 104 Å². The van der Waals surface area contributed by atoms with Crippen LogP contribution in [-0.2, 0) is 13.0 Å². The first-order chi connectivity index (χ1) is 8.83. The molecule has 0 saturated carbocycles. The van der Waals surface area contributed by atoms with E-state index in [0.29, 0.717) is 13.1 Å². The smallest absolute Gasteiger partial charge is 0.322 e. The van der Waals surface area contributed by atoms with E-state index in [1.54, 1.807) is 11.1 Å². The number of urea groups is 1. The number of amides is 2. The number of fused-ring (bicyclic) bond motifs is 1. The minimum Gasteiger partial charge on any atom is -0.361 e. The molecular weight excluding hydrogens is 230 g/mol. The largest absolute Gasteiger partial charge is 0.361 e. The third-order valence-corrected chi connectivity index (χ3v) is 3.01. The molecule has 1 aromatic carbocycles. The molecule has 1 N–H and O–H groups in total. The molecular formula is C13H13N3O2. The molecule has 2 heterocycles. The number of nitrogens with zero attached hydrogens (tertiary/aromatic N) is 2. The first-order valence-electron chi connectivity index (χ1n) is 5.86. The molecule has 5 nitrogen and oxygen atoms in total. The molecule has 2 aromatic rings. The summed E-state index contributed by atoms with van der Waals surface area (Å²) in [6, 6.07) is 9.35. The van der Waals surface area contributed by atoms with Crippen molar-refractivity contribution in [3.8, 4) is 0 Å². The highest BCUT2D eigenvalue weighted by Crippen LogP contribution is 2.19. The fourth-order valence-corrected chi connectivity index (χ4v) is 2.04. The van der Waals surface area contributed by atoms with E-state index in [2.05, 4.69) is 10.5 Å². The summed E-state index contributed by atoms with van der Waals surface area (Å²) >= 11 is 0. The van der Waals surface area contributed by atoms with E-state index >= 15 is 0 Å². The second-order valence-corrected chi connectivity index (χ2v) is 4.24. The summed E-state index contributed by atoms with van der Waals surface area (Å²) in [6.07, 6.45) is 2.40. The number of anilines is 1. The molecule has 0 bridgehead atoms. The van der Waals surface area contributed by atoms with E-state index < -0.39 is 0 Å². The van der Waals surface area contributed by atoms with Gasteiger partial charge in [0.25, 0.3) is 0 Å². The van der Waals surface area contributed by atoms with Gasteiger partial charge in [-0.1, -0.05) is 23.4 Å². The van der Waals surface area contributed by atoms with Gasteiger partial charge < -0.3 is 14.7 Å². The summed E-state index contributed by atoms with van der Waals surface area (Å²) in [7, 11) is 0. The lowest BCUT2D eigenvalue weighted by atomic mass is 10.1. The summed E-state index contributed by atoms with van der Waals surface area (Å²) in [5, 5.41) is 6.62. The standard InChI is InChI=1S/C13H13N3O2/c17-13(15-11-4-2-1-3-5-11)16-7-6-12-10(9-16)8-14-18-12/h1-5,8H,6-7,9H2,(H,15,17). The molecule has 3 rings (SSSR count). The lowest BCUT2D eigenvalue weighted by Gasteiger charge is -2.25. The number of rotatable bonds is 1. The van der Waals surface area contributed by atoms with Crippen LogP contribution in [0.25, 0.3) is 0 Å². The maximum absolute atomic E-state index is 12.1. The second-order valence-electron chi connectivity index (χ2n) is 4.24. The summed E-state index contributed by atoms with van der Waals surface area (Å²) in [5.74, 6) is 0.888. The lowest BCUT2D eigenvalue weighted by Crippen LogP contribution is -2.38. The van der Waals surface area contributed by atoms with Gasteiger partial charge >= 0.3 is 6.03 Å². The van der Waals surface area contributed by atoms with Crippen LogP contribution >= 0.6 is 0 Å². The first-order valence-corrected chi connectivity index (χ1v) is 5.86. The van der Waals surface area contributed by atoms with Gasteiger partial charge in [0, 0.05) is 24.2 Å². The fourth-order valence-electron chi connectivity index (χ4n) is 2.04. The monoisotopic (exact) mass is 243 g/mol. The summed E-state index contributed by atoms with van der Waals surface area (Å²) in [5.41, 5.74) is 1.79. The van der Waals surface area contributed by atoms with Crippen LogP contribution in [0.4, 0.5) is 10.5 Å². The van der Waals surface area contributed by atoms with E-state index in [-0.39, 0.29) is 6.03 Å². The number of hydrogen-bond donors (Lipinski definition) is 1. The Hall–Kier alpha value is -2.30. The number of carbonyl (C=O) groups is 1. The molecule has 0 fully saturated rings. The average molecular weight is 243 g/mol. The number of para-hydroxylation sites is 1. The number of benzene rings is 1. The van der Waals surface area contributed by atoms with Crippen LogP contribution < -0.4 is 5.32 Å². The highest BCUT2D eigenvalue weighted by Gasteiger charge is 2.23. The van der Waals surface area contributed by atoms with Gasteiger partial charge in [0.2, 0.25) is 0 Å². The van der Waals surface area contributed by atoms with Crippen molar-refractivity contribution in [3.63, 3.8) is 0 Å². The van der Waals surface area contributed by atoms with Gasteiger partial charge in [-0.15, -0.1) is 0 Å². The average Bonchev–Trinajstić information content (AvgIpc) is 2.87. The van der Waals surface area contributed by atoms with E-state index in [4.69, 9.17) is 4.52 Å². The molecule has 2 amide bonds. The lowest BCUT2D eigenvalue weighted by molar-refractivity contribution is 0.202. The van der Waals surface area contributed by atoms with Crippen molar-refractivity contribution in [2.45, 2.75) is 13.0 Å². The van der Waals surface area contributed by atoms with Gasteiger partial charge in [-0.3, -0.25) is 0 Å². The van der Waals surface area contributed by atoms with Gasteiger partial charge in [0.1, 0.15) is 5.76 Å². The van der Waals surface area contributed by atoms with Crippen LogP contribution in [-0.4, -0.2) is 22.6 Å². The van der Waals surface area contributed by atoms with Crippen LogP contribution in [0.2, 0.25) is 0 Å². The highest BCUT2D eigenvalue weighted by molar-refractivity contribution is 5.89. The fraction of sp³-hybridized carbons (Fsp3) is 0.231. The number of aromatic nitrogens is 1. The van der Waals surface area contributed by atoms with Crippen molar-refractivity contribution in [1.29, 1.82) is 0 Å². The van der Waals surface area contributed by atoms with Gasteiger partial charge in [0.15, 0.2) is 0 Å². The number of carbonyl (C=O) groups excluding carboxylic acids is 1. The third-order valence-electron chi connectivity index (χ3n) is 3.01. The minimum absolute atomic E-state index is 0.0898. The molecule has 0 atom stereocenters. The van der Waals surface area contributed by atoms with Crippen LogP contribution in [0, 0.1) is 0 Å². The molecule has 0 spiro atoms. The Balaban J connectivity index is 1.68. The molecule has 1 aliphatic heterocycles. The Morgan fingerprint density at radius 1 is 1.33 bits per heavy atom. The van der Waals surface area contributed by atoms with Crippen molar-refractivity contribution in [1.82, 2.24) is 10.1 Å². The molecule has 0 unspecified atom stereocenters. The van der Waals surface area contributed by atoms with Gasteiger partial charge in [0.05, 0.1) is 12.7 Å². The summed E-state index contributed by atoms with van der Waals surface area (Å²) < 4.78 is 5.09. The van der Waals surface area contributed by atoms with Crippen molar-refractivity contribution in [2.24, 2.45) is 0 Å². The maximum atomic E-state index is 12.1. The molecule has 5 heteroatoms. The topological polar surface area (TPSA) is 58.4 Å². The molecule has 0 saturated heterocycles. The summed E-state index contributed by atoms with van der Waals surface area (Å²) in [4.78, 5) is 13.8. The normalized spacial score (nSPS) is 14.1. The minimum atomic E-state index is -0.0898. The van der Waals surface area contributed by atoms with Gasteiger partial charge in [-0.25, -0.2) is 4.79 Å². The molecule has 92 valence electrons. The maximum Gasteiger partial charge on any atom is 0.322 e. The highest BCUT2D eigenvalue weighted by atomic mass is 16.5. The van der Waals surface area contributed by atoms with Crippen LogP contribution in [0.3, 0.4) is 0 Å². The van der Waals surface area contributed by atoms with E-state index in [1.807, 2.05) is 30.3 Å². The molecule has 0 aliphatic carbocycles. The number of hydrogen-bond acceptors (Lipinski definition) is 3. The third kappa shape index (κ3) is 2.07. The predicted molar refractivity (Wildman–Crippen MR) is 66.1 cm³/mol. The van der Waals surface area contributed by atoms with Crippen molar-refractivity contribution < 1.29 is 9.32 Å². The zero-order chi connectivity index (χ0) is 12.4. The zero-order valence-corrected chi connectivity index (χ0v) is 9.80. The predicted octanol–water partition coefficient (Wildman–Crippen LogP) is 2.26. The van der Waals surface area contributed by atoms with Crippen molar-refractivity contribution in [3.05, 3.63) is 47.9 Å². The van der Waals surface area contributed by atoms with Crippen LogP contribution in [0.1, 0.15) is 11.3 Å². The van der Waals surface area contributed by atoms with Crippen molar-refractivity contribution in [2.75, 3.05) is 11.9 Å². The SMILES string of the molecule is O=C(Nc1ccccc1)N1CCc2oncc2C1. The quantitative estimate of drug-likeness (QED) is 0.835. The molecule has 1 aromatic heterocycles. The Morgan fingerprint density at radius 3 is 3.00 bits per heavy atom. The van der Waals surface area contributed by atoms with E-state index in [1.165, 1.54) is 0 Å². The van der Waals surface area contributed by atoms with E-state index in [0.717, 1.165) is 23.4 Å². The second kappa shape index (κ2) is 4.52. The Bertz CT molecular complexity index is 550. The number of nitrogens with one attached hydrogen (secondary N) is 1. The molecule has 0 radical (unpaired) electrons. The van der Waals surface area contributed by atoms with Crippen LogP contribution in [0.5, 0.6) is 0 Å².